The Morgan fingerprint density at radius 3 is 2.95 bits per heavy atom. The third-order valence-corrected chi connectivity index (χ3v) is 4.92. The number of anilines is 1. The van der Waals surface area contributed by atoms with E-state index in [4.69, 9.17) is 10.8 Å². The van der Waals surface area contributed by atoms with Gasteiger partial charge in [-0.2, -0.15) is 0 Å². The Bertz CT molecular complexity index is 584. The molecule has 0 saturated carbocycles. The monoisotopic (exact) mass is 362 g/mol. The number of carboxylic acids is 1. The molecule has 0 unspecified atom stereocenters. The molecule has 102 valence electrons. The van der Waals surface area contributed by atoms with Gasteiger partial charge in [0.2, 0.25) is 5.95 Å². The van der Waals surface area contributed by atoms with Crippen molar-refractivity contribution >= 4 is 50.9 Å². The van der Waals surface area contributed by atoms with E-state index >= 15 is 0 Å². The average Bonchev–Trinajstić information content (AvgIpc) is 2.91. The second-order valence-electron chi connectivity index (χ2n) is 3.63. The topological polar surface area (TPSA) is 94.0 Å². The van der Waals surface area contributed by atoms with Crippen molar-refractivity contribution in [2.75, 3.05) is 11.5 Å². The second-order valence-corrected chi connectivity index (χ2v) is 7.12. The van der Waals surface area contributed by atoms with Gasteiger partial charge in [-0.1, -0.05) is 11.8 Å². The fourth-order valence-corrected chi connectivity index (χ4v) is 3.62. The Balaban J connectivity index is 2.02. The third-order valence-electron chi connectivity index (χ3n) is 2.28. The van der Waals surface area contributed by atoms with E-state index in [1.807, 2.05) is 12.1 Å². The number of nitrogens with two attached hydrogens (primary N) is 1. The summed E-state index contributed by atoms with van der Waals surface area (Å²) in [4.78, 5) is 11.8. The van der Waals surface area contributed by atoms with E-state index in [-0.39, 0.29) is 5.75 Å². The number of halogens is 1. The number of thiophene rings is 1. The van der Waals surface area contributed by atoms with Crippen LogP contribution in [0.5, 0.6) is 0 Å². The molecule has 0 aliphatic rings. The zero-order valence-electron chi connectivity index (χ0n) is 9.74. The van der Waals surface area contributed by atoms with E-state index in [0.29, 0.717) is 17.6 Å². The maximum absolute atomic E-state index is 10.6. The van der Waals surface area contributed by atoms with Gasteiger partial charge >= 0.3 is 5.97 Å². The van der Waals surface area contributed by atoms with Gasteiger partial charge in [0.25, 0.3) is 0 Å². The maximum atomic E-state index is 10.6. The lowest BCUT2D eigenvalue weighted by Gasteiger charge is -2.06. The lowest BCUT2D eigenvalue weighted by molar-refractivity contribution is -0.133. The van der Waals surface area contributed by atoms with Gasteiger partial charge in [-0.05, 0) is 34.5 Å². The van der Waals surface area contributed by atoms with Gasteiger partial charge in [0.05, 0.1) is 9.54 Å². The van der Waals surface area contributed by atoms with Crippen molar-refractivity contribution in [2.24, 2.45) is 0 Å². The van der Waals surface area contributed by atoms with Crippen molar-refractivity contribution in [3.8, 4) is 0 Å². The molecule has 0 bridgehead atoms. The summed E-state index contributed by atoms with van der Waals surface area (Å²) in [6, 6.07) is 4.04. The maximum Gasteiger partial charge on any atom is 0.313 e. The highest BCUT2D eigenvalue weighted by atomic mass is 79.9. The van der Waals surface area contributed by atoms with Crippen LogP contribution in [-0.2, 0) is 17.8 Å². The number of carbonyl (C=O) groups is 1. The van der Waals surface area contributed by atoms with Crippen LogP contribution in [-0.4, -0.2) is 31.6 Å². The molecule has 19 heavy (non-hydrogen) atoms. The fourth-order valence-electron chi connectivity index (χ4n) is 1.45. The third kappa shape index (κ3) is 3.95. The van der Waals surface area contributed by atoms with Crippen molar-refractivity contribution in [1.29, 1.82) is 0 Å². The fraction of sp³-hybridized carbons (Fsp3) is 0.300. The quantitative estimate of drug-likeness (QED) is 0.764. The van der Waals surface area contributed by atoms with E-state index in [1.54, 1.807) is 15.9 Å². The summed E-state index contributed by atoms with van der Waals surface area (Å²) < 4.78 is 2.82. The Kier molecular flexibility index (Phi) is 4.83. The number of hydrogen-bond acceptors (Lipinski definition) is 6. The molecule has 0 spiro atoms. The number of nitrogens with zero attached hydrogens (tertiary/aromatic N) is 3. The molecule has 0 aliphatic heterocycles. The SMILES string of the molecule is Nc1nnc(SCC(=O)O)n1CCc1ccc(Br)s1. The summed E-state index contributed by atoms with van der Waals surface area (Å²) in [6.07, 6.45) is 0.805. The minimum absolute atomic E-state index is 0.0529. The molecule has 0 aliphatic carbocycles. The van der Waals surface area contributed by atoms with E-state index < -0.39 is 5.97 Å². The van der Waals surface area contributed by atoms with Crippen molar-refractivity contribution in [2.45, 2.75) is 18.1 Å². The van der Waals surface area contributed by atoms with Crippen LogP contribution in [0.3, 0.4) is 0 Å². The van der Waals surface area contributed by atoms with Crippen molar-refractivity contribution in [3.05, 3.63) is 20.8 Å². The Labute approximate surface area is 126 Å². The Morgan fingerprint density at radius 2 is 2.32 bits per heavy atom. The smallest absolute Gasteiger partial charge is 0.313 e. The number of aryl methyl sites for hydroxylation is 1. The predicted molar refractivity (Wildman–Crippen MR) is 78.5 cm³/mol. The number of hydrogen-bond donors (Lipinski definition) is 2. The van der Waals surface area contributed by atoms with Gasteiger partial charge < -0.3 is 10.8 Å². The molecule has 3 N–H and O–H groups in total. The zero-order chi connectivity index (χ0) is 13.8. The van der Waals surface area contributed by atoms with Crippen molar-refractivity contribution < 1.29 is 9.90 Å². The van der Waals surface area contributed by atoms with Gasteiger partial charge in [0.15, 0.2) is 5.16 Å². The number of carboxylic acid groups (broad SMARTS) is 1. The van der Waals surface area contributed by atoms with Gasteiger partial charge in [0, 0.05) is 11.4 Å². The highest BCUT2D eigenvalue weighted by Gasteiger charge is 2.12. The number of aliphatic carboxylic acids is 1. The first kappa shape index (κ1) is 14.4. The van der Waals surface area contributed by atoms with Crippen LogP contribution in [0, 0.1) is 0 Å². The van der Waals surface area contributed by atoms with E-state index in [2.05, 4.69) is 26.1 Å². The summed E-state index contributed by atoms with van der Waals surface area (Å²) in [5.74, 6) is -0.633. The first-order chi connectivity index (χ1) is 9.06. The summed E-state index contributed by atoms with van der Waals surface area (Å²) in [5, 5.41) is 16.9. The normalized spacial score (nSPS) is 10.8. The molecule has 0 fully saturated rings. The molecule has 2 aromatic rings. The minimum atomic E-state index is -0.889. The summed E-state index contributed by atoms with van der Waals surface area (Å²) in [6.45, 7) is 0.633. The molecule has 2 rings (SSSR count). The van der Waals surface area contributed by atoms with Gasteiger partial charge in [-0.15, -0.1) is 21.5 Å². The Morgan fingerprint density at radius 1 is 1.53 bits per heavy atom. The molecule has 0 saturated heterocycles. The van der Waals surface area contributed by atoms with Gasteiger partial charge in [0.1, 0.15) is 0 Å². The number of rotatable bonds is 6. The second kappa shape index (κ2) is 6.40. The van der Waals surface area contributed by atoms with E-state index in [1.165, 1.54) is 4.88 Å². The molecule has 0 radical (unpaired) electrons. The first-order valence-electron chi connectivity index (χ1n) is 5.33. The number of thioether (sulfide) groups is 1. The molecule has 9 heteroatoms. The van der Waals surface area contributed by atoms with Crippen LogP contribution in [0.4, 0.5) is 5.95 Å². The molecule has 2 heterocycles. The van der Waals surface area contributed by atoms with E-state index in [9.17, 15) is 4.79 Å². The molecule has 0 atom stereocenters. The molecule has 2 aromatic heterocycles. The van der Waals surface area contributed by atoms with Crippen LogP contribution in [0.1, 0.15) is 4.88 Å². The van der Waals surface area contributed by atoms with Crippen LogP contribution >= 0.6 is 39.0 Å². The van der Waals surface area contributed by atoms with Crippen molar-refractivity contribution in [1.82, 2.24) is 14.8 Å². The summed E-state index contributed by atoms with van der Waals surface area (Å²) >= 11 is 6.19. The van der Waals surface area contributed by atoms with Crippen molar-refractivity contribution in [3.63, 3.8) is 0 Å². The zero-order valence-corrected chi connectivity index (χ0v) is 13.0. The lowest BCUT2D eigenvalue weighted by Crippen LogP contribution is -2.08. The molecule has 0 aromatic carbocycles. The van der Waals surface area contributed by atoms with Gasteiger partial charge in [-0.25, -0.2) is 0 Å². The van der Waals surface area contributed by atoms with E-state index in [0.717, 1.165) is 22.0 Å². The van der Waals surface area contributed by atoms with Crippen LogP contribution in [0.25, 0.3) is 0 Å². The molecular weight excluding hydrogens is 352 g/mol. The summed E-state index contributed by atoms with van der Waals surface area (Å²) in [5.41, 5.74) is 5.74. The molecule has 0 amide bonds. The first-order valence-corrected chi connectivity index (χ1v) is 7.93. The lowest BCUT2D eigenvalue weighted by atomic mass is 10.3. The number of aromatic nitrogens is 3. The predicted octanol–water partition coefficient (Wildman–Crippen LogP) is 2.10. The molecule has 6 nitrogen and oxygen atoms in total. The Hall–Kier alpha value is -1.06. The van der Waals surface area contributed by atoms with Gasteiger partial charge in [-0.3, -0.25) is 9.36 Å². The van der Waals surface area contributed by atoms with Crippen LogP contribution < -0.4 is 5.73 Å². The summed E-state index contributed by atoms with van der Waals surface area (Å²) in [7, 11) is 0. The highest BCUT2D eigenvalue weighted by Crippen LogP contribution is 2.24. The standard InChI is InChI=1S/C10H11BrN4O2S2/c11-7-2-1-6(19-7)3-4-15-9(12)13-14-10(15)18-5-8(16)17/h1-2H,3-5H2,(H2,12,13)(H,16,17). The highest BCUT2D eigenvalue weighted by molar-refractivity contribution is 9.11. The number of nitrogen functional groups attached to an aromatic ring is 1. The van der Waals surface area contributed by atoms with Crippen LogP contribution in [0.2, 0.25) is 0 Å². The average molecular weight is 363 g/mol. The van der Waals surface area contributed by atoms with Crippen LogP contribution in [0.15, 0.2) is 21.1 Å². The molecular formula is C10H11BrN4O2S2. The largest absolute Gasteiger partial charge is 0.481 e. The minimum Gasteiger partial charge on any atom is -0.481 e.